The van der Waals surface area contributed by atoms with Gasteiger partial charge in [0.25, 0.3) is 5.91 Å². The minimum absolute atomic E-state index is 0.0922. The van der Waals surface area contributed by atoms with Crippen LogP contribution in [0.5, 0.6) is 0 Å². The maximum absolute atomic E-state index is 12.4. The fourth-order valence-electron chi connectivity index (χ4n) is 2.19. The van der Waals surface area contributed by atoms with Crippen molar-refractivity contribution < 1.29 is 9.90 Å². The van der Waals surface area contributed by atoms with E-state index in [-0.39, 0.29) is 12.5 Å². The molecule has 0 atom stereocenters. The highest BCUT2D eigenvalue weighted by atomic mass is 35.5. The molecule has 0 saturated heterocycles. The zero-order chi connectivity index (χ0) is 16.9. The number of benzene rings is 2. The number of anilines is 1. The lowest BCUT2D eigenvalue weighted by Gasteiger charge is -2.09. The van der Waals surface area contributed by atoms with E-state index in [0.29, 0.717) is 28.4 Å². The molecule has 0 radical (unpaired) electrons. The predicted molar refractivity (Wildman–Crippen MR) is 89.3 cm³/mol. The summed E-state index contributed by atoms with van der Waals surface area (Å²) in [5, 5.41) is 22.9. The van der Waals surface area contributed by atoms with Crippen molar-refractivity contribution >= 4 is 23.2 Å². The number of aliphatic hydroxyl groups excluding tert-OH is 1. The summed E-state index contributed by atoms with van der Waals surface area (Å²) in [5.41, 5.74) is 2.67. The van der Waals surface area contributed by atoms with Crippen molar-refractivity contribution in [2.75, 3.05) is 11.9 Å². The zero-order valence-corrected chi connectivity index (χ0v) is 13.3. The van der Waals surface area contributed by atoms with Gasteiger partial charge >= 0.3 is 0 Å². The summed E-state index contributed by atoms with van der Waals surface area (Å²) in [6.07, 6.45) is 2.03. The Morgan fingerprint density at radius 3 is 2.62 bits per heavy atom. The molecule has 2 aromatic carbocycles. The first-order chi connectivity index (χ1) is 11.7. The Bertz CT molecular complexity index is 834. The van der Waals surface area contributed by atoms with Gasteiger partial charge in [0.2, 0.25) is 0 Å². The molecule has 3 aromatic rings. The smallest absolute Gasteiger partial charge is 0.257 e. The van der Waals surface area contributed by atoms with Gasteiger partial charge in [0.1, 0.15) is 6.33 Å². The van der Waals surface area contributed by atoms with Crippen molar-refractivity contribution in [1.82, 2.24) is 20.2 Å². The Morgan fingerprint density at radius 2 is 2.00 bits per heavy atom. The third-order valence-electron chi connectivity index (χ3n) is 3.42. The fourth-order valence-corrected chi connectivity index (χ4v) is 2.45. The lowest BCUT2D eigenvalue weighted by molar-refractivity contribution is 0.102. The van der Waals surface area contributed by atoms with Crippen LogP contribution in [0.3, 0.4) is 0 Å². The van der Waals surface area contributed by atoms with Gasteiger partial charge in [-0.05, 0) is 52.7 Å². The Labute approximate surface area is 142 Å². The first kappa shape index (κ1) is 16.1. The van der Waals surface area contributed by atoms with E-state index in [0.717, 1.165) is 5.56 Å². The number of nitrogens with one attached hydrogen (secondary N) is 1. The van der Waals surface area contributed by atoms with Crippen molar-refractivity contribution in [1.29, 1.82) is 0 Å². The predicted octanol–water partition coefficient (Wildman–Crippen LogP) is 2.10. The van der Waals surface area contributed by atoms with Gasteiger partial charge in [0.15, 0.2) is 0 Å². The number of rotatable bonds is 5. The Kier molecular flexibility index (Phi) is 4.83. The summed E-state index contributed by atoms with van der Waals surface area (Å²) in [5.74, 6) is -0.307. The topological polar surface area (TPSA) is 92.9 Å². The molecule has 8 heteroatoms. The van der Waals surface area contributed by atoms with E-state index in [1.54, 1.807) is 30.3 Å². The molecule has 1 amide bonds. The van der Waals surface area contributed by atoms with E-state index >= 15 is 0 Å². The van der Waals surface area contributed by atoms with Gasteiger partial charge in [0, 0.05) is 12.3 Å². The van der Waals surface area contributed by atoms with Gasteiger partial charge in [0.05, 0.1) is 16.3 Å². The molecule has 0 unspecified atom stereocenters. The van der Waals surface area contributed by atoms with Crippen LogP contribution >= 0.6 is 11.6 Å². The maximum atomic E-state index is 12.4. The molecule has 7 nitrogen and oxygen atoms in total. The van der Waals surface area contributed by atoms with Crippen molar-refractivity contribution in [3.8, 4) is 5.69 Å². The quantitative estimate of drug-likeness (QED) is 0.740. The number of nitrogens with zero attached hydrogens (tertiary/aromatic N) is 4. The number of hydrogen-bond acceptors (Lipinski definition) is 5. The molecule has 0 aliphatic carbocycles. The molecule has 2 N–H and O–H groups in total. The van der Waals surface area contributed by atoms with Crippen molar-refractivity contribution in [3.63, 3.8) is 0 Å². The molecular formula is C16H14ClN5O2. The molecule has 0 saturated carbocycles. The van der Waals surface area contributed by atoms with Crippen molar-refractivity contribution in [3.05, 3.63) is 64.9 Å². The number of carbonyl (C=O) groups is 1. The molecule has 1 heterocycles. The second-order valence-electron chi connectivity index (χ2n) is 5.04. The van der Waals surface area contributed by atoms with Crippen LogP contribution in [0.15, 0.2) is 48.8 Å². The summed E-state index contributed by atoms with van der Waals surface area (Å²) >= 11 is 6.20. The van der Waals surface area contributed by atoms with Gasteiger partial charge in [-0.2, -0.15) is 0 Å². The van der Waals surface area contributed by atoms with E-state index in [2.05, 4.69) is 20.8 Å². The van der Waals surface area contributed by atoms with Crippen LogP contribution in [-0.2, 0) is 6.42 Å². The number of aromatic nitrogens is 4. The van der Waals surface area contributed by atoms with E-state index in [9.17, 15) is 4.79 Å². The number of aliphatic hydroxyl groups is 1. The van der Waals surface area contributed by atoms with Gasteiger partial charge in [-0.15, -0.1) is 5.10 Å². The van der Waals surface area contributed by atoms with Gasteiger partial charge in [-0.3, -0.25) is 4.79 Å². The maximum Gasteiger partial charge on any atom is 0.257 e. The molecule has 122 valence electrons. The Balaban J connectivity index is 1.75. The Hall–Kier alpha value is -2.77. The molecule has 0 bridgehead atoms. The Morgan fingerprint density at radius 1 is 1.21 bits per heavy atom. The SMILES string of the molecule is O=C(Nc1ccc(CCO)cc1)c1ccc(-n2cnnn2)cc1Cl. The van der Waals surface area contributed by atoms with Crippen LogP contribution in [0.4, 0.5) is 5.69 Å². The largest absolute Gasteiger partial charge is 0.396 e. The molecule has 0 aliphatic rings. The van der Waals surface area contributed by atoms with Gasteiger partial charge in [-0.25, -0.2) is 4.68 Å². The molecule has 3 rings (SSSR count). The van der Waals surface area contributed by atoms with E-state index in [1.807, 2.05) is 12.1 Å². The first-order valence-electron chi connectivity index (χ1n) is 7.21. The highest BCUT2D eigenvalue weighted by Gasteiger charge is 2.12. The minimum Gasteiger partial charge on any atom is -0.396 e. The fraction of sp³-hybridized carbons (Fsp3) is 0.125. The second-order valence-corrected chi connectivity index (χ2v) is 5.45. The highest BCUT2D eigenvalue weighted by molar-refractivity contribution is 6.34. The van der Waals surface area contributed by atoms with Crippen LogP contribution in [0.1, 0.15) is 15.9 Å². The van der Waals surface area contributed by atoms with E-state index in [4.69, 9.17) is 16.7 Å². The van der Waals surface area contributed by atoms with Crippen LogP contribution in [-0.4, -0.2) is 37.8 Å². The van der Waals surface area contributed by atoms with E-state index in [1.165, 1.54) is 11.0 Å². The lowest BCUT2D eigenvalue weighted by Crippen LogP contribution is -2.13. The summed E-state index contributed by atoms with van der Waals surface area (Å²) in [7, 11) is 0. The molecule has 0 fully saturated rings. The van der Waals surface area contributed by atoms with Crippen molar-refractivity contribution in [2.24, 2.45) is 0 Å². The molecule has 0 aliphatic heterocycles. The standard InChI is InChI=1S/C16H14ClN5O2/c17-15-9-13(22-10-18-20-21-22)5-6-14(15)16(24)19-12-3-1-11(2-4-12)7-8-23/h1-6,9-10,23H,7-8H2,(H,19,24). The number of carbonyl (C=O) groups excluding carboxylic acids is 1. The molecule has 1 aromatic heterocycles. The van der Waals surface area contributed by atoms with E-state index < -0.39 is 0 Å². The summed E-state index contributed by atoms with van der Waals surface area (Å²) in [4.78, 5) is 12.4. The number of tetrazole rings is 1. The van der Waals surface area contributed by atoms with Crippen molar-refractivity contribution in [2.45, 2.75) is 6.42 Å². The van der Waals surface area contributed by atoms with Gasteiger partial charge < -0.3 is 10.4 Å². The number of halogens is 1. The number of amides is 1. The average Bonchev–Trinajstić information content (AvgIpc) is 3.11. The van der Waals surface area contributed by atoms with Crippen LogP contribution in [0.2, 0.25) is 5.02 Å². The zero-order valence-electron chi connectivity index (χ0n) is 12.6. The first-order valence-corrected chi connectivity index (χ1v) is 7.59. The molecule has 24 heavy (non-hydrogen) atoms. The molecule has 0 spiro atoms. The summed E-state index contributed by atoms with van der Waals surface area (Å²) < 4.78 is 1.45. The van der Waals surface area contributed by atoms with Crippen LogP contribution < -0.4 is 5.32 Å². The van der Waals surface area contributed by atoms with Gasteiger partial charge in [-0.1, -0.05) is 23.7 Å². The number of hydrogen-bond donors (Lipinski definition) is 2. The van der Waals surface area contributed by atoms with Crippen LogP contribution in [0.25, 0.3) is 5.69 Å². The average molecular weight is 344 g/mol. The normalized spacial score (nSPS) is 10.6. The third kappa shape index (κ3) is 3.58. The highest BCUT2D eigenvalue weighted by Crippen LogP contribution is 2.21. The monoisotopic (exact) mass is 343 g/mol. The third-order valence-corrected chi connectivity index (χ3v) is 3.74. The molecular weight excluding hydrogens is 330 g/mol. The summed E-state index contributed by atoms with van der Waals surface area (Å²) in [6, 6.07) is 12.2. The minimum atomic E-state index is -0.307. The van der Waals surface area contributed by atoms with Crippen LogP contribution in [0, 0.1) is 0 Å². The summed E-state index contributed by atoms with van der Waals surface area (Å²) in [6.45, 7) is 0.0922. The second kappa shape index (κ2) is 7.20. The lowest BCUT2D eigenvalue weighted by atomic mass is 10.1.